The van der Waals surface area contributed by atoms with Gasteiger partial charge in [-0.05, 0) is 29.8 Å². The van der Waals surface area contributed by atoms with Gasteiger partial charge in [0, 0.05) is 17.6 Å². The molecule has 6 N–H and O–H groups in total. The van der Waals surface area contributed by atoms with Crippen LogP contribution in [0.5, 0.6) is 5.75 Å². The van der Waals surface area contributed by atoms with Crippen molar-refractivity contribution in [3.8, 4) is 5.75 Å². The van der Waals surface area contributed by atoms with Gasteiger partial charge in [-0.25, -0.2) is 9.59 Å². The van der Waals surface area contributed by atoms with Crippen LogP contribution < -0.4 is 0 Å². The summed E-state index contributed by atoms with van der Waals surface area (Å²) in [6.45, 7) is -1.14. The zero-order chi connectivity index (χ0) is 29.4. The molecule has 1 aromatic rings. The van der Waals surface area contributed by atoms with E-state index in [1.54, 1.807) is 12.1 Å². The average Bonchev–Trinajstić information content (AvgIpc) is 2.93. The predicted octanol–water partition coefficient (Wildman–Crippen LogP) is -0.804. The van der Waals surface area contributed by atoms with Crippen molar-refractivity contribution in [1.82, 2.24) is 0 Å². The standard InChI is InChI=1S/C26H30O14/c1-36-20(30)10-16-15(8-9-37-19(29)7-4-13-2-5-14(28)6-3-13)25(38-12-17(16)24(34)35)40-26-23(33)22(32)21(31)18(11-27)39-26/h2-8,12,16,18,21-23,25-28,31-33H,9-11H2,1H3,(H,34,35)/b7-4+,15-8-. The fourth-order valence-electron chi connectivity index (χ4n) is 3.99. The minimum atomic E-state index is -1.80. The molecule has 14 heteroatoms. The van der Waals surface area contributed by atoms with Crippen LogP contribution in [0, 0.1) is 5.92 Å². The smallest absolute Gasteiger partial charge is 0.335 e. The molecule has 218 valence electrons. The number of carboxylic acid groups (broad SMARTS) is 1. The van der Waals surface area contributed by atoms with Crippen LogP contribution in [0.15, 0.2) is 53.8 Å². The first-order chi connectivity index (χ1) is 19.0. The normalized spacial score (nSPS) is 29.5. The lowest BCUT2D eigenvalue weighted by atomic mass is 9.86. The molecule has 2 aliphatic heterocycles. The number of aliphatic carboxylic acids is 1. The molecule has 1 fully saturated rings. The molecular weight excluding hydrogens is 536 g/mol. The first-order valence-electron chi connectivity index (χ1n) is 12.0. The maximum Gasteiger partial charge on any atom is 0.335 e. The Morgan fingerprint density at radius 3 is 2.38 bits per heavy atom. The quantitative estimate of drug-likeness (QED) is 0.116. The van der Waals surface area contributed by atoms with Gasteiger partial charge in [0.1, 0.15) is 36.8 Å². The summed E-state index contributed by atoms with van der Waals surface area (Å²) in [5, 5.41) is 58.9. The van der Waals surface area contributed by atoms with Crippen LogP contribution in [0.1, 0.15) is 12.0 Å². The number of phenols is 1. The van der Waals surface area contributed by atoms with Gasteiger partial charge in [-0.2, -0.15) is 0 Å². The van der Waals surface area contributed by atoms with Crippen LogP contribution in [0.4, 0.5) is 0 Å². The Morgan fingerprint density at radius 1 is 1.05 bits per heavy atom. The first kappa shape index (κ1) is 30.7. The summed E-state index contributed by atoms with van der Waals surface area (Å²) in [6.07, 6.45) is -5.47. The predicted molar refractivity (Wildman–Crippen MR) is 132 cm³/mol. The number of carbonyl (C=O) groups excluding carboxylic acids is 2. The van der Waals surface area contributed by atoms with E-state index in [9.17, 15) is 45.0 Å². The Kier molecular flexibility index (Phi) is 10.8. The Balaban J connectivity index is 1.83. The summed E-state index contributed by atoms with van der Waals surface area (Å²) in [5.41, 5.74) is 0.262. The molecule has 7 unspecified atom stereocenters. The van der Waals surface area contributed by atoms with Gasteiger partial charge in [0.2, 0.25) is 6.29 Å². The molecule has 0 aromatic heterocycles. The summed E-state index contributed by atoms with van der Waals surface area (Å²) >= 11 is 0. The second kappa shape index (κ2) is 14.0. The zero-order valence-corrected chi connectivity index (χ0v) is 21.2. The van der Waals surface area contributed by atoms with E-state index in [0.29, 0.717) is 5.56 Å². The highest BCUT2D eigenvalue weighted by atomic mass is 16.8. The third-order valence-corrected chi connectivity index (χ3v) is 6.17. The number of aliphatic hydroxyl groups excluding tert-OH is 4. The molecule has 1 aromatic carbocycles. The monoisotopic (exact) mass is 566 g/mol. The third kappa shape index (κ3) is 7.65. The summed E-state index contributed by atoms with van der Waals surface area (Å²) < 4.78 is 26.2. The van der Waals surface area contributed by atoms with Crippen LogP contribution in [-0.2, 0) is 38.1 Å². The number of methoxy groups -OCH3 is 1. The lowest BCUT2D eigenvalue weighted by Gasteiger charge is -2.41. The fraction of sp³-hybridized carbons (Fsp3) is 0.423. The third-order valence-electron chi connectivity index (χ3n) is 6.17. The number of hydrogen-bond donors (Lipinski definition) is 6. The fourth-order valence-corrected chi connectivity index (χ4v) is 3.99. The van der Waals surface area contributed by atoms with Crippen molar-refractivity contribution in [1.29, 1.82) is 0 Å². The number of benzene rings is 1. The van der Waals surface area contributed by atoms with Crippen molar-refractivity contribution in [2.45, 2.75) is 43.4 Å². The Bertz CT molecular complexity index is 1140. The van der Waals surface area contributed by atoms with Gasteiger partial charge >= 0.3 is 17.9 Å². The molecule has 14 nitrogen and oxygen atoms in total. The van der Waals surface area contributed by atoms with Crippen molar-refractivity contribution >= 4 is 24.0 Å². The Labute approximate surface area is 227 Å². The lowest BCUT2D eigenvalue weighted by Crippen LogP contribution is -2.60. The molecule has 0 radical (unpaired) electrons. The van der Waals surface area contributed by atoms with Gasteiger partial charge in [-0.3, -0.25) is 4.79 Å². The molecule has 0 aliphatic carbocycles. The zero-order valence-electron chi connectivity index (χ0n) is 21.2. The van der Waals surface area contributed by atoms with Crippen molar-refractivity contribution in [3.05, 3.63) is 59.4 Å². The number of phenolic OH excluding ortho intramolecular Hbond substituents is 1. The summed E-state index contributed by atoms with van der Waals surface area (Å²) in [4.78, 5) is 36.2. The molecule has 0 spiro atoms. The number of aliphatic hydroxyl groups is 4. The maximum absolute atomic E-state index is 12.2. The van der Waals surface area contributed by atoms with E-state index in [1.165, 1.54) is 24.3 Å². The number of esters is 2. The number of carboxylic acids is 1. The largest absolute Gasteiger partial charge is 0.508 e. The van der Waals surface area contributed by atoms with E-state index < -0.39 is 80.5 Å². The summed E-state index contributed by atoms with van der Waals surface area (Å²) in [7, 11) is 1.11. The van der Waals surface area contributed by atoms with Gasteiger partial charge in [-0.15, -0.1) is 0 Å². The maximum atomic E-state index is 12.2. The molecule has 2 aliphatic rings. The number of ether oxygens (including phenoxy) is 5. The van der Waals surface area contributed by atoms with E-state index in [0.717, 1.165) is 19.4 Å². The minimum Gasteiger partial charge on any atom is -0.508 e. The van der Waals surface area contributed by atoms with Crippen LogP contribution >= 0.6 is 0 Å². The number of aromatic hydroxyl groups is 1. The molecule has 0 amide bonds. The van der Waals surface area contributed by atoms with Crippen LogP contribution in [0.3, 0.4) is 0 Å². The average molecular weight is 567 g/mol. The van der Waals surface area contributed by atoms with Crippen molar-refractivity contribution in [3.63, 3.8) is 0 Å². The van der Waals surface area contributed by atoms with Gasteiger partial charge in [0.25, 0.3) is 0 Å². The van der Waals surface area contributed by atoms with Crippen LogP contribution in [0.25, 0.3) is 6.08 Å². The van der Waals surface area contributed by atoms with E-state index in [4.69, 9.17) is 18.9 Å². The Hall–Kier alpha value is -3.79. The second-order valence-electron chi connectivity index (χ2n) is 8.77. The van der Waals surface area contributed by atoms with Crippen LogP contribution in [0.2, 0.25) is 0 Å². The van der Waals surface area contributed by atoms with Gasteiger partial charge in [-0.1, -0.05) is 12.1 Å². The molecule has 3 rings (SSSR count). The van der Waals surface area contributed by atoms with E-state index in [1.807, 2.05) is 0 Å². The second-order valence-corrected chi connectivity index (χ2v) is 8.77. The van der Waals surface area contributed by atoms with E-state index in [-0.39, 0.29) is 16.9 Å². The van der Waals surface area contributed by atoms with Crippen molar-refractivity contribution < 1.29 is 68.7 Å². The van der Waals surface area contributed by atoms with Gasteiger partial charge < -0.3 is 54.3 Å². The van der Waals surface area contributed by atoms with Crippen LogP contribution in [-0.4, -0.2) is 106 Å². The lowest BCUT2D eigenvalue weighted by molar-refractivity contribution is -0.327. The highest BCUT2D eigenvalue weighted by molar-refractivity contribution is 5.89. The molecule has 1 saturated heterocycles. The molecule has 0 bridgehead atoms. The molecular formula is C26H30O14. The Morgan fingerprint density at radius 2 is 1.75 bits per heavy atom. The highest BCUT2D eigenvalue weighted by Gasteiger charge is 2.46. The summed E-state index contributed by atoms with van der Waals surface area (Å²) in [5.74, 6) is -4.09. The molecule has 7 atom stereocenters. The summed E-state index contributed by atoms with van der Waals surface area (Å²) in [6, 6.07) is 6.00. The highest BCUT2D eigenvalue weighted by Crippen LogP contribution is 2.36. The van der Waals surface area contributed by atoms with Gasteiger partial charge in [0.05, 0.1) is 32.0 Å². The molecule has 2 heterocycles. The SMILES string of the molecule is COC(=O)CC1C(C(=O)O)=COC(OC2OC(CO)C(O)C(O)C2O)/C1=C\COC(=O)/C=C/c1ccc(O)cc1. The number of carbonyl (C=O) groups is 3. The van der Waals surface area contributed by atoms with Gasteiger partial charge in [0.15, 0.2) is 6.29 Å². The number of hydrogen-bond acceptors (Lipinski definition) is 13. The van der Waals surface area contributed by atoms with E-state index in [2.05, 4.69) is 4.74 Å². The topological polar surface area (TPSA) is 219 Å². The van der Waals surface area contributed by atoms with Crippen molar-refractivity contribution in [2.24, 2.45) is 5.92 Å². The molecule has 40 heavy (non-hydrogen) atoms. The molecule has 0 saturated carbocycles. The minimum absolute atomic E-state index is 0.00225. The number of rotatable bonds is 10. The first-order valence-corrected chi connectivity index (χ1v) is 12.0. The van der Waals surface area contributed by atoms with E-state index >= 15 is 0 Å². The van der Waals surface area contributed by atoms with Crippen molar-refractivity contribution in [2.75, 3.05) is 20.3 Å².